The fraction of sp³-hybridized carbons (Fsp3) is 0.889. The molecule has 0 aromatic carbocycles. The van der Waals surface area contributed by atoms with Crippen LogP contribution >= 0.6 is 0 Å². The molecule has 0 bridgehead atoms. The molecule has 1 aliphatic carbocycles. The Hall–Kier alpha value is -1.06. The van der Waals surface area contributed by atoms with Gasteiger partial charge in [0.25, 0.3) is 0 Å². The Labute approximate surface area is 134 Å². The first-order chi connectivity index (χ1) is 10.2. The average molecular weight is 308 g/mol. The van der Waals surface area contributed by atoms with Crippen molar-refractivity contribution in [2.24, 2.45) is 16.7 Å². The van der Waals surface area contributed by atoms with Gasteiger partial charge in [0.15, 0.2) is 0 Å². The van der Waals surface area contributed by atoms with Gasteiger partial charge in [-0.3, -0.25) is 9.59 Å². The minimum absolute atomic E-state index is 0.00663. The summed E-state index contributed by atoms with van der Waals surface area (Å²) in [7, 11) is 0. The third kappa shape index (κ3) is 4.23. The van der Waals surface area contributed by atoms with Crippen LogP contribution < -0.4 is 10.6 Å². The molecule has 22 heavy (non-hydrogen) atoms. The molecule has 1 aliphatic heterocycles. The second-order valence-corrected chi connectivity index (χ2v) is 8.57. The van der Waals surface area contributed by atoms with Crippen LogP contribution in [0.25, 0.3) is 0 Å². The van der Waals surface area contributed by atoms with Gasteiger partial charge < -0.3 is 10.6 Å². The fourth-order valence-corrected chi connectivity index (χ4v) is 3.81. The van der Waals surface area contributed by atoms with Crippen LogP contribution in [0.5, 0.6) is 0 Å². The Morgan fingerprint density at radius 2 is 1.86 bits per heavy atom. The first kappa shape index (κ1) is 17.3. The van der Waals surface area contributed by atoms with Crippen LogP contribution in [0.4, 0.5) is 0 Å². The molecule has 126 valence electrons. The lowest BCUT2D eigenvalue weighted by molar-refractivity contribution is -0.134. The zero-order chi connectivity index (χ0) is 16.4. The Balaban J connectivity index is 1.90. The van der Waals surface area contributed by atoms with Crippen molar-refractivity contribution in [3.05, 3.63) is 0 Å². The van der Waals surface area contributed by atoms with E-state index in [1.54, 1.807) is 0 Å². The zero-order valence-electron chi connectivity index (χ0n) is 14.6. The highest BCUT2D eigenvalue weighted by atomic mass is 16.2. The maximum absolute atomic E-state index is 12.7. The summed E-state index contributed by atoms with van der Waals surface area (Å²) in [5, 5.41) is 6.02. The third-order valence-electron chi connectivity index (χ3n) is 5.68. The minimum Gasteiger partial charge on any atom is -0.356 e. The van der Waals surface area contributed by atoms with E-state index in [4.69, 9.17) is 0 Å². The standard InChI is InChI=1S/C18H32N2O2/c1-17(2,3)13-7-9-18(4,10-8-13)16(22)20-14-6-5-11-19-15(21)12-14/h13-14H,5-12H2,1-4H3,(H,19,21)(H,20,22)/t13?,14-,18?/m0/s1. The Morgan fingerprint density at radius 3 is 2.45 bits per heavy atom. The summed E-state index contributed by atoms with van der Waals surface area (Å²) in [6.07, 6.45) is 6.42. The van der Waals surface area contributed by atoms with Gasteiger partial charge in [-0.2, -0.15) is 0 Å². The Kier molecular flexibility index (Phi) is 5.18. The first-order valence-corrected chi connectivity index (χ1v) is 8.78. The molecule has 0 aromatic rings. The molecule has 2 fully saturated rings. The van der Waals surface area contributed by atoms with Crippen LogP contribution in [-0.4, -0.2) is 24.4 Å². The molecule has 4 nitrogen and oxygen atoms in total. The second-order valence-electron chi connectivity index (χ2n) is 8.57. The topological polar surface area (TPSA) is 58.2 Å². The molecule has 1 heterocycles. The van der Waals surface area contributed by atoms with Crippen molar-refractivity contribution in [2.45, 2.75) is 78.7 Å². The zero-order valence-corrected chi connectivity index (χ0v) is 14.6. The number of amides is 2. The van der Waals surface area contributed by atoms with Gasteiger partial charge in [-0.15, -0.1) is 0 Å². The first-order valence-electron chi connectivity index (χ1n) is 8.78. The molecule has 1 saturated heterocycles. The molecule has 4 heteroatoms. The normalized spacial score (nSPS) is 33.7. The van der Waals surface area contributed by atoms with Crippen molar-refractivity contribution in [1.82, 2.24) is 10.6 Å². The Morgan fingerprint density at radius 1 is 1.23 bits per heavy atom. The summed E-state index contributed by atoms with van der Waals surface area (Å²) in [6.45, 7) is 9.72. The lowest BCUT2D eigenvalue weighted by Crippen LogP contribution is -2.47. The molecule has 0 unspecified atom stereocenters. The van der Waals surface area contributed by atoms with E-state index in [0.29, 0.717) is 17.8 Å². The lowest BCUT2D eigenvalue weighted by Gasteiger charge is -2.41. The highest BCUT2D eigenvalue weighted by molar-refractivity contribution is 5.84. The molecular formula is C18H32N2O2. The van der Waals surface area contributed by atoms with E-state index >= 15 is 0 Å². The van der Waals surface area contributed by atoms with Crippen LogP contribution in [-0.2, 0) is 9.59 Å². The summed E-state index contributed by atoms with van der Waals surface area (Å²) >= 11 is 0. The maximum atomic E-state index is 12.7. The fourth-order valence-electron chi connectivity index (χ4n) is 3.81. The van der Waals surface area contributed by atoms with Gasteiger partial charge in [0.2, 0.25) is 11.8 Å². The minimum atomic E-state index is -0.259. The molecule has 1 saturated carbocycles. The second kappa shape index (κ2) is 6.59. The van der Waals surface area contributed by atoms with Crippen LogP contribution in [0.1, 0.15) is 72.6 Å². The van der Waals surface area contributed by atoms with E-state index in [1.807, 2.05) is 0 Å². The van der Waals surface area contributed by atoms with Crippen molar-refractivity contribution in [3.63, 3.8) is 0 Å². The van der Waals surface area contributed by atoms with E-state index in [2.05, 4.69) is 38.3 Å². The number of rotatable bonds is 2. The van der Waals surface area contributed by atoms with E-state index in [-0.39, 0.29) is 23.3 Å². The van der Waals surface area contributed by atoms with Gasteiger partial charge >= 0.3 is 0 Å². The van der Waals surface area contributed by atoms with Crippen LogP contribution in [0.15, 0.2) is 0 Å². The molecule has 0 aromatic heterocycles. The number of hydrogen-bond acceptors (Lipinski definition) is 2. The monoisotopic (exact) mass is 308 g/mol. The van der Waals surface area contributed by atoms with E-state index in [9.17, 15) is 9.59 Å². The van der Waals surface area contributed by atoms with Gasteiger partial charge in [-0.05, 0) is 49.9 Å². The van der Waals surface area contributed by atoms with Crippen molar-refractivity contribution in [3.8, 4) is 0 Å². The van der Waals surface area contributed by atoms with Crippen molar-refractivity contribution >= 4 is 11.8 Å². The van der Waals surface area contributed by atoms with Gasteiger partial charge in [0, 0.05) is 24.4 Å². The largest absolute Gasteiger partial charge is 0.356 e. The van der Waals surface area contributed by atoms with Gasteiger partial charge in [-0.1, -0.05) is 27.7 Å². The number of carbonyl (C=O) groups is 2. The molecule has 2 N–H and O–H groups in total. The molecule has 2 rings (SSSR count). The SMILES string of the molecule is CC1(C(=O)N[C@H]2CCCNC(=O)C2)CCC(C(C)(C)C)CC1. The summed E-state index contributed by atoms with van der Waals surface area (Å²) in [6, 6.07) is 0.00663. The maximum Gasteiger partial charge on any atom is 0.226 e. The highest BCUT2D eigenvalue weighted by Crippen LogP contribution is 2.45. The predicted octanol–water partition coefficient (Wildman–Crippen LogP) is 3.01. The number of carbonyl (C=O) groups excluding carboxylic acids is 2. The van der Waals surface area contributed by atoms with Crippen LogP contribution in [0.2, 0.25) is 0 Å². The lowest BCUT2D eigenvalue weighted by atomic mass is 9.64. The van der Waals surface area contributed by atoms with Gasteiger partial charge in [0.1, 0.15) is 0 Å². The van der Waals surface area contributed by atoms with Crippen LogP contribution in [0, 0.1) is 16.7 Å². The summed E-state index contributed by atoms with van der Waals surface area (Å²) < 4.78 is 0. The average Bonchev–Trinajstić information content (AvgIpc) is 2.62. The van der Waals surface area contributed by atoms with Crippen molar-refractivity contribution in [1.29, 1.82) is 0 Å². The molecule has 1 atom stereocenters. The molecule has 0 spiro atoms. The van der Waals surface area contributed by atoms with E-state index in [1.165, 1.54) is 0 Å². The number of hydrogen-bond donors (Lipinski definition) is 2. The summed E-state index contributed by atoms with van der Waals surface area (Å²) in [5.74, 6) is 0.918. The van der Waals surface area contributed by atoms with Crippen LogP contribution in [0.3, 0.4) is 0 Å². The number of nitrogens with one attached hydrogen (secondary N) is 2. The smallest absolute Gasteiger partial charge is 0.226 e. The molecule has 2 aliphatic rings. The summed E-state index contributed by atoms with van der Waals surface area (Å²) in [4.78, 5) is 24.3. The Bertz CT molecular complexity index is 417. The summed E-state index contributed by atoms with van der Waals surface area (Å²) in [5.41, 5.74) is 0.0711. The molecule has 0 radical (unpaired) electrons. The molecular weight excluding hydrogens is 276 g/mol. The van der Waals surface area contributed by atoms with Gasteiger partial charge in [0.05, 0.1) is 0 Å². The quantitative estimate of drug-likeness (QED) is 0.824. The van der Waals surface area contributed by atoms with Crippen molar-refractivity contribution < 1.29 is 9.59 Å². The highest BCUT2D eigenvalue weighted by Gasteiger charge is 2.41. The predicted molar refractivity (Wildman–Crippen MR) is 88.3 cm³/mol. The molecule has 2 amide bonds. The van der Waals surface area contributed by atoms with Gasteiger partial charge in [-0.25, -0.2) is 0 Å². The van der Waals surface area contributed by atoms with E-state index in [0.717, 1.165) is 45.1 Å². The third-order valence-corrected chi connectivity index (χ3v) is 5.68. The van der Waals surface area contributed by atoms with E-state index < -0.39 is 0 Å². The van der Waals surface area contributed by atoms with Crippen molar-refractivity contribution in [2.75, 3.05) is 6.54 Å².